The number of rotatable bonds is 5. The molecule has 1 atom stereocenters. The van der Waals surface area contributed by atoms with Crippen molar-refractivity contribution in [2.45, 2.75) is 39.4 Å². The molecule has 1 rings (SSSR count). The largest absolute Gasteiger partial charge is 0.389 e. The molecular formula is C14H22FNO2. The van der Waals surface area contributed by atoms with Crippen molar-refractivity contribution in [1.29, 1.82) is 0 Å². The first-order valence-electron chi connectivity index (χ1n) is 6.10. The summed E-state index contributed by atoms with van der Waals surface area (Å²) in [4.78, 5) is 0. The highest BCUT2D eigenvalue weighted by Crippen LogP contribution is 2.15. The molecule has 0 saturated carbocycles. The number of aliphatic hydroxyl groups is 1. The van der Waals surface area contributed by atoms with Gasteiger partial charge in [-0.3, -0.25) is 0 Å². The van der Waals surface area contributed by atoms with Crippen LogP contribution in [-0.4, -0.2) is 30.0 Å². The Labute approximate surface area is 108 Å². The zero-order valence-corrected chi connectivity index (χ0v) is 11.5. The normalized spacial score (nSPS) is 13.4. The Bertz CT molecular complexity index is 388. The van der Waals surface area contributed by atoms with Crippen LogP contribution in [0.4, 0.5) is 10.1 Å². The van der Waals surface area contributed by atoms with Gasteiger partial charge in [-0.15, -0.1) is 0 Å². The van der Waals surface area contributed by atoms with E-state index < -0.39 is 6.10 Å². The molecule has 0 bridgehead atoms. The lowest BCUT2D eigenvalue weighted by atomic mass is 10.2. The monoisotopic (exact) mass is 255 g/mol. The Kier molecular flexibility index (Phi) is 5.11. The summed E-state index contributed by atoms with van der Waals surface area (Å²) in [7, 11) is 0. The number of halogens is 1. The van der Waals surface area contributed by atoms with Crippen molar-refractivity contribution in [3.63, 3.8) is 0 Å². The third-order valence-electron chi connectivity index (χ3n) is 2.43. The molecule has 2 N–H and O–H groups in total. The molecule has 0 heterocycles. The van der Waals surface area contributed by atoms with Crippen LogP contribution < -0.4 is 5.32 Å². The van der Waals surface area contributed by atoms with Crippen molar-refractivity contribution in [3.05, 3.63) is 29.6 Å². The van der Waals surface area contributed by atoms with Crippen LogP contribution in [0.25, 0.3) is 0 Å². The maximum Gasteiger partial charge on any atom is 0.123 e. The Balaban J connectivity index is 2.40. The van der Waals surface area contributed by atoms with Gasteiger partial charge in [-0.05, 0) is 51.5 Å². The number of aliphatic hydroxyl groups excluding tert-OH is 1. The number of aryl methyl sites for hydroxylation is 1. The summed E-state index contributed by atoms with van der Waals surface area (Å²) < 4.78 is 18.4. The number of nitrogens with one attached hydrogen (secondary N) is 1. The SMILES string of the molecule is Cc1cc(F)ccc1NCC(O)COC(C)(C)C. The molecular weight excluding hydrogens is 233 g/mol. The second-order valence-electron chi connectivity index (χ2n) is 5.42. The number of ether oxygens (including phenoxy) is 1. The number of hydrogen-bond donors (Lipinski definition) is 2. The lowest BCUT2D eigenvalue weighted by Gasteiger charge is -2.22. The lowest BCUT2D eigenvalue weighted by Crippen LogP contribution is -2.30. The molecule has 0 saturated heterocycles. The van der Waals surface area contributed by atoms with E-state index >= 15 is 0 Å². The molecule has 1 aromatic rings. The molecule has 1 unspecified atom stereocenters. The molecule has 3 nitrogen and oxygen atoms in total. The quantitative estimate of drug-likeness (QED) is 0.850. The highest BCUT2D eigenvalue weighted by Gasteiger charge is 2.13. The molecule has 0 aliphatic rings. The summed E-state index contributed by atoms with van der Waals surface area (Å²) in [6, 6.07) is 4.52. The minimum absolute atomic E-state index is 0.255. The zero-order chi connectivity index (χ0) is 13.8. The third-order valence-corrected chi connectivity index (χ3v) is 2.43. The van der Waals surface area contributed by atoms with Crippen molar-refractivity contribution in [2.75, 3.05) is 18.5 Å². The minimum atomic E-state index is -0.589. The lowest BCUT2D eigenvalue weighted by molar-refractivity contribution is -0.0449. The van der Waals surface area contributed by atoms with Crippen LogP contribution in [0.5, 0.6) is 0 Å². The fourth-order valence-corrected chi connectivity index (χ4v) is 1.46. The third kappa shape index (κ3) is 5.47. The van der Waals surface area contributed by atoms with E-state index in [-0.39, 0.29) is 18.0 Å². The zero-order valence-electron chi connectivity index (χ0n) is 11.5. The minimum Gasteiger partial charge on any atom is -0.389 e. The molecule has 0 aliphatic heterocycles. The number of benzene rings is 1. The van der Waals surface area contributed by atoms with E-state index in [1.54, 1.807) is 6.07 Å². The molecule has 0 fully saturated rings. The summed E-state index contributed by atoms with van der Waals surface area (Å²) in [5.41, 5.74) is 1.39. The summed E-state index contributed by atoms with van der Waals surface area (Å²) in [6.45, 7) is 8.30. The van der Waals surface area contributed by atoms with Gasteiger partial charge < -0.3 is 15.2 Å². The van der Waals surface area contributed by atoms with E-state index in [2.05, 4.69) is 5.32 Å². The fraction of sp³-hybridized carbons (Fsp3) is 0.571. The molecule has 0 amide bonds. The van der Waals surface area contributed by atoms with Crippen LogP contribution in [0.3, 0.4) is 0 Å². The van der Waals surface area contributed by atoms with Gasteiger partial charge in [0.15, 0.2) is 0 Å². The van der Waals surface area contributed by atoms with E-state index in [9.17, 15) is 9.50 Å². The maximum atomic E-state index is 12.9. The molecule has 102 valence electrons. The summed E-state index contributed by atoms with van der Waals surface area (Å²) in [6.07, 6.45) is -0.589. The van der Waals surface area contributed by atoms with Crippen LogP contribution in [-0.2, 0) is 4.74 Å². The van der Waals surface area contributed by atoms with Crippen LogP contribution in [0.15, 0.2) is 18.2 Å². The highest BCUT2D eigenvalue weighted by molar-refractivity contribution is 5.50. The summed E-state index contributed by atoms with van der Waals surface area (Å²) in [5.74, 6) is -0.255. The Morgan fingerprint density at radius 1 is 1.39 bits per heavy atom. The van der Waals surface area contributed by atoms with Crippen LogP contribution in [0, 0.1) is 12.7 Å². The van der Waals surface area contributed by atoms with Crippen LogP contribution in [0.2, 0.25) is 0 Å². The topological polar surface area (TPSA) is 41.5 Å². The second kappa shape index (κ2) is 6.16. The first-order valence-corrected chi connectivity index (χ1v) is 6.10. The van der Waals surface area contributed by atoms with E-state index in [0.717, 1.165) is 11.3 Å². The van der Waals surface area contributed by atoms with Gasteiger partial charge in [-0.25, -0.2) is 4.39 Å². The van der Waals surface area contributed by atoms with Gasteiger partial charge in [0.25, 0.3) is 0 Å². The smallest absolute Gasteiger partial charge is 0.123 e. The molecule has 0 radical (unpaired) electrons. The molecule has 0 aromatic heterocycles. The second-order valence-corrected chi connectivity index (χ2v) is 5.42. The molecule has 0 spiro atoms. The number of hydrogen-bond acceptors (Lipinski definition) is 3. The first-order chi connectivity index (χ1) is 8.28. The van der Waals surface area contributed by atoms with Gasteiger partial charge in [0.2, 0.25) is 0 Å². The van der Waals surface area contributed by atoms with Gasteiger partial charge >= 0.3 is 0 Å². The van der Waals surface area contributed by atoms with Gasteiger partial charge in [-0.2, -0.15) is 0 Å². The van der Waals surface area contributed by atoms with Crippen molar-refractivity contribution >= 4 is 5.69 Å². The Hall–Kier alpha value is -1.13. The van der Waals surface area contributed by atoms with E-state index in [0.29, 0.717) is 6.54 Å². The van der Waals surface area contributed by atoms with Gasteiger partial charge in [0, 0.05) is 12.2 Å². The summed E-state index contributed by atoms with van der Waals surface area (Å²) >= 11 is 0. The standard InChI is InChI=1S/C14H22FNO2/c1-10-7-11(15)5-6-13(10)16-8-12(17)9-18-14(2,3)4/h5-7,12,16-17H,8-9H2,1-4H3. The molecule has 1 aromatic carbocycles. The fourth-order valence-electron chi connectivity index (χ4n) is 1.46. The molecule has 18 heavy (non-hydrogen) atoms. The maximum absolute atomic E-state index is 12.9. The van der Waals surface area contributed by atoms with Crippen molar-refractivity contribution < 1.29 is 14.2 Å². The predicted octanol–water partition coefficient (Wildman–Crippen LogP) is 2.72. The van der Waals surface area contributed by atoms with Gasteiger partial charge in [0.05, 0.1) is 18.3 Å². The van der Waals surface area contributed by atoms with E-state index in [1.807, 2.05) is 27.7 Å². The van der Waals surface area contributed by atoms with Crippen LogP contribution >= 0.6 is 0 Å². The van der Waals surface area contributed by atoms with E-state index in [1.165, 1.54) is 12.1 Å². The van der Waals surface area contributed by atoms with Crippen molar-refractivity contribution in [2.24, 2.45) is 0 Å². The highest BCUT2D eigenvalue weighted by atomic mass is 19.1. The Morgan fingerprint density at radius 3 is 2.61 bits per heavy atom. The first kappa shape index (κ1) is 14.9. The van der Waals surface area contributed by atoms with Gasteiger partial charge in [0.1, 0.15) is 5.82 Å². The number of anilines is 1. The average molecular weight is 255 g/mol. The summed E-state index contributed by atoms with van der Waals surface area (Å²) in [5, 5.41) is 12.8. The van der Waals surface area contributed by atoms with Crippen molar-refractivity contribution in [3.8, 4) is 0 Å². The van der Waals surface area contributed by atoms with Gasteiger partial charge in [-0.1, -0.05) is 0 Å². The van der Waals surface area contributed by atoms with E-state index in [4.69, 9.17) is 4.74 Å². The van der Waals surface area contributed by atoms with Crippen LogP contribution in [0.1, 0.15) is 26.3 Å². The Morgan fingerprint density at radius 2 is 2.06 bits per heavy atom. The predicted molar refractivity (Wildman–Crippen MR) is 71.3 cm³/mol. The molecule has 0 aliphatic carbocycles. The van der Waals surface area contributed by atoms with Crippen molar-refractivity contribution in [1.82, 2.24) is 0 Å². The molecule has 4 heteroatoms. The average Bonchev–Trinajstić information content (AvgIpc) is 2.24.